The number of thioether (sulfide) groups is 1. The molecule has 0 saturated carbocycles. The van der Waals surface area contributed by atoms with Gasteiger partial charge in [0.2, 0.25) is 0 Å². The lowest BCUT2D eigenvalue weighted by atomic mass is 10.0. The van der Waals surface area contributed by atoms with Gasteiger partial charge < -0.3 is 30.0 Å². The molecule has 5 aromatic rings. The molecule has 6 rings (SSSR count). The summed E-state index contributed by atoms with van der Waals surface area (Å²) in [5.74, 6) is 2.11. The number of ether oxygens (including phenoxy) is 3. The second kappa shape index (κ2) is 15.5. The number of amides is 2. The van der Waals surface area contributed by atoms with Gasteiger partial charge in [-0.25, -0.2) is 14.8 Å². The Morgan fingerprint density at radius 2 is 1.48 bits per heavy atom. The Kier molecular flexibility index (Phi) is 10.5. The summed E-state index contributed by atoms with van der Waals surface area (Å²) in [5, 5.41) is 15.9. The van der Waals surface area contributed by atoms with Crippen LogP contribution in [0.5, 0.6) is 11.5 Å². The first-order chi connectivity index (χ1) is 22.6. The molecule has 0 radical (unpaired) electrons. The molecule has 3 atom stereocenters. The first-order valence-electron chi connectivity index (χ1n) is 15.0. The topological polar surface area (TPSA) is 115 Å². The number of carbonyl (C=O) groups is 1. The number of nitrogens with zero attached hydrogens (tertiary/aromatic N) is 2. The van der Waals surface area contributed by atoms with Gasteiger partial charge in [0.05, 0.1) is 18.8 Å². The number of anilines is 1. The molecule has 234 valence electrons. The molecule has 1 saturated heterocycles. The van der Waals surface area contributed by atoms with E-state index in [0.717, 1.165) is 28.0 Å². The first-order valence-corrected chi connectivity index (χ1v) is 16.0. The number of nitrogens with one attached hydrogen (secondary N) is 2. The number of hydrogen-bond donors (Lipinski definition) is 3. The van der Waals surface area contributed by atoms with Crippen molar-refractivity contribution in [3.05, 3.63) is 144 Å². The van der Waals surface area contributed by atoms with E-state index in [0.29, 0.717) is 35.3 Å². The van der Waals surface area contributed by atoms with Crippen molar-refractivity contribution in [1.82, 2.24) is 15.3 Å². The molecule has 9 nitrogen and oxygen atoms in total. The van der Waals surface area contributed by atoms with Gasteiger partial charge in [0.15, 0.2) is 11.4 Å². The Balaban J connectivity index is 1.04. The molecule has 1 fully saturated rings. The summed E-state index contributed by atoms with van der Waals surface area (Å²) < 4.78 is 18.7. The van der Waals surface area contributed by atoms with E-state index < -0.39 is 6.29 Å². The molecule has 1 aromatic heterocycles. The smallest absolute Gasteiger partial charge is 0.319 e. The van der Waals surface area contributed by atoms with E-state index in [1.165, 1.54) is 0 Å². The number of aromatic nitrogens is 2. The highest BCUT2D eigenvalue weighted by atomic mass is 32.2. The van der Waals surface area contributed by atoms with Crippen molar-refractivity contribution in [2.24, 2.45) is 0 Å². The maximum absolute atomic E-state index is 12.6. The monoisotopic (exact) mass is 634 g/mol. The van der Waals surface area contributed by atoms with Gasteiger partial charge in [0.1, 0.15) is 11.5 Å². The molecule has 46 heavy (non-hydrogen) atoms. The van der Waals surface area contributed by atoms with Gasteiger partial charge in [0, 0.05) is 42.4 Å². The number of aliphatic hydroxyl groups excluding tert-OH is 1. The molecular weight excluding hydrogens is 600 g/mol. The third-order valence-electron chi connectivity index (χ3n) is 7.35. The highest BCUT2D eigenvalue weighted by molar-refractivity contribution is 7.99. The number of para-hydroxylation sites is 1. The van der Waals surface area contributed by atoms with E-state index in [4.69, 9.17) is 14.2 Å². The fourth-order valence-electron chi connectivity index (χ4n) is 4.93. The lowest BCUT2D eigenvalue weighted by Gasteiger charge is -2.36. The van der Waals surface area contributed by atoms with Gasteiger partial charge >= 0.3 is 6.03 Å². The first kappa shape index (κ1) is 31.3. The van der Waals surface area contributed by atoms with Crippen molar-refractivity contribution in [2.75, 3.05) is 11.1 Å². The zero-order valence-electron chi connectivity index (χ0n) is 25.0. The van der Waals surface area contributed by atoms with Crippen LogP contribution in [0.4, 0.5) is 10.5 Å². The predicted molar refractivity (Wildman–Crippen MR) is 176 cm³/mol. The van der Waals surface area contributed by atoms with Crippen LogP contribution in [0.3, 0.4) is 0 Å². The predicted octanol–water partition coefficient (Wildman–Crippen LogP) is 7.42. The van der Waals surface area contributed by atoms with Crippen LogP contribution in [0.1, 0.15) is 41.1 Å². The molecular formula is C36H34N4O5S. The Bertz CT molecular complexity index is 1670. The Hall–Kier alpha value is -4.74. The highest BCUT2D eigenvalue weighted by Gasteiger charge is 2.32. The molecule has 10 heteroatoms. The molecule has 1 aliphatic heterocycles. The lowest BCUT2D eigenvalue weighted by molar-refractivity contribution is -0.245. The average Bonchev–Trinajstić information content (AvgIpc) is 3.12. The van der Waals surface area contributed by atoms with Gasteiger partial charge in [0.25, 0.3) is 0 Å². The van der Waals surface area contributed by atoms with Crippen LogP contribution < -0.4 is 15.4 Å². The SMILES string of the molecule is O=C(NCc1ccc(C2OC(CSc3ncccn3)CC(c3ccc(CO)cc3)O2)cc1)Nc1ccc(Oc2ccccc2)cc1. The van der Waals surface area contributed by atoms with Crippen LogP contribution in [0.25, 0.3) is 0 Å². The number of urea groups is 1. The Morgan fingerprint density at radius 1 is 0.804 bits per heavy atom. The van der Waals surface area contributed by atoms with Crippen LogP contribution in [0.2, 0.25) is 0 Å². The molecule has 2 amide bonds. The number of carbonyl (C=O) groups excluding carboxylic acids is 1. The van der Waals surface area contributed by atoms with Crippen molar-refractivity contribution < 1.29 is 24.1 Å². The quantitative estimate of drug-likeness (QED) is 0.102. The van der Waals surface area contributed by atoms with Crippen molar-refractivity contribution in [3.63, 3.8) is 0 Å². The van der Waals surface area contributed by atoms with Crippen LogP contribution in [0, 0.1) is 0 Å². The molecule has 4 aromatic carbocycles. The van der Waals surface area contributed by atoms with Crippen LogP contribution >= 0.6 is 11.8 Å². The van der Waals surface area contributed by atoms with Crippen molar-refractivity contribution in [3.8, 4) is 11.5 Å². The number of rotatable bonds is 11. The van der Waals surface area contributed by atoms with Gasteiger partial charge in [-0.3, -0.25) is 0 Å². The third kappa shape index (κ3) is 8.70. The van der Waals surface area contributed by atoms with Gasteiger partial charge in [-0.05, 0) is 59.2 Å². The second-order valence-corrected chi connectivity index (χ2v) is 11.7. The highest BCUT2D eigenvalue weighted by Crippen LogP contribution is 2.39. The number of benzene rings is 4. The summed E-state index contributed by atoms with van der Waals surface area (Å²) in [4.78, 5) is 21.2. The van der Waals surface area contributed by atoms with Crippen molar-refractivity contribution >= 4 is 23.5 Å². The van der Waals surface area contributed by atoms with Crippen molar-refractivity contribution in [1.29, 1.82) is 0 Å². The van der Waals surface area contributed by atoms with E-state index in [-0.39, 0.29) is 24.8 Å². The Labute approximate surface area is 272 Å². The number of hydrogen-bond acceptors (Lipinski definition) is 8. The van der Waals surface area contributed by atoms with E-state index in [1.807, 2.05) is 91.0 Å². The molecule has 0 bridgehead atoms. The minimum atomic E-state index is -0.572. The molecule has 1 aliphatic rings. The normalized spacial score (nSPS) is 17.6. The minimum absolute atomic E-state index is 0.00550. The molecule has 3 unspecified atom stereocenters. The van der Waals surface area contributed by atoms with Crippen LogP contribution in [-0.4, -0.2) is 33.0 Å². The second-order valence-electron chi connectivity index (χ2n) is 10.7. The largest absolute Gasteiger partial charge is 0.457 e. The fourth-order valence-corrected chi connectivity index (χ4v) is 5.75. The molecule has 0 aliphatic carbocycles. The summed E-state index contributed by atoms with van der Waals surface area (Å²) in [6.07, 6.45) is 3.28. The van der Waals surface area contributed by atoms with E-state index >= 15 is 0 Å². The zero-order chi connectivity index (χ0) is 31.6. The van der Waals surface area contributed by atoms with Crippen LogP contribution in [-0.2, 0) is 22.6 Å². The van der Waals surface area contributed by atoms with Gasteiger partial charge in [-0.1, -0.05) is 78.5 Å². The fraction of sp³-hybridized carbons (Fsp3) is 0.194. The number of aliphatic hydroxyl groups is 1. The molecule has 0 spiro atoms. The average molecular weight is 635 g/mol. The van der Waals surface area contributed by atoms with Crippen LogP contribution in [0.15, 0.2) is 127 Å². The maximum Gasteiger partial charge on any atom is 0.319 e. The van der Waals surface area contributed by atoms with E-state index in [2.05, 4.69) is 20.6 Å². The summed E-state index contributed by atoms with van der Waals surface area (Å²) in [5.41, 5.74) is 4.36. The summed E-state index contributed by atoms with van der Waals surface area (Å²) >= 11 is 1.55. The van der Waals surface area contributed by atoms with Crippen molar-refractivity contribution in [2.45, 2.75) is 43.2 Å². The summed E-state index contributed by atoms with van der Waals surface area (Å²) in [6.45, 7) is 0.346. The zero-order valence-corrected chi connectivity index (χ0v) is 25.8. The summed E-state index contributed by atoms with van der Waals surface area (Å²) in [7, 11) is 0. The minimum Gasteiger partial charge on any atom is -0.457 e. The standard InChI is InChI=1S/C36H34N4O5S/c41-23-26-9-11-27(12-10-26)33-21-32(24-46-36-37-19-4-20-38-36)44-34(45-33)28-13-7-25(8-14-28)22-39-35(42)40-29-15-17-31(18-16-29)43-30-5-2-1-3-6-30/h1-20,32-34,41H,21-24H2,(H2,39,40,42). The molecule has 3 N–H and O–H groups in total. The molecule has 2 heterocycles. The van der Waals surface area contributed by atoms with E-state index in [9.17, 15) is 9.90 Å². The Morgan fingerprint density at radius 3 is 2.20 bits per heavy atom. The lowest BCUT2D eigenvalue weighted by Crippen LogP contribution is -2.31. The van der Waals surface area contributed by atoms with Gasteiger partial charge in [-0.2, -0.15) is 0 Å². The van der Waals surface area contributed by atoms with Gasteiger partial charge in [-0.15, -0.1) is 0 Å². The third-order valence-corrected chi connectivity index (χ3v) is 8.36. The van der Waals surface area contributed by atoms with E-state index in [1.54, 1.807) is 42.4 Å². The maximum atomic E-state index is 12.6. The summed E-state index contributed by atoms with van der Waals surface area (Å²) in [6, 6.07) is 33.9.